The van der Waals surface area contributed by atoms with Gasteiger partial charge in [0.05, 0.1) is 0 Å². The van der Waals surface area contributed by atoms with Gasteiger partial charge in [-0.1, -0.05) is 18.2 Å². The van der Waals surface area contributed by atoms with Gasteiger partial charge in [-0.2, -0.15) is 0 Å². The van der Waals surface area contributed by atoms with Gasteiger partial charge < -0.3 is 20.9 Å². The molecule has 1 aromatic heterocycles. The van der Waals surface area contributed by atoms with E-state index in [1.165, 1.54) is 16.5 Å². The number of aromatic amines is 1. The highest BCUT2D eigenvalue weighted by Gasteiger charge is 2.07. The number of nitrogens with one attached hydrogen (secondary N) is 2. The smallest absolute Gasteiger partial charge is 0.220 e. The summed E-state index contributed by atoms with van der Waals surface area (Å²) in [4.78, 5) is 17.7. The van der Waals surface area contributed by atoms with E-state index < -0.39 is 0 Å². The van der Waals surface area contributed by atoms with E-state index in [2.05, 4.69) is 53.7 Å². The van der Waals surface area contributed by atoms with Crippen molar-refractivity contribution in [3.63, 3.8) is 0 Å². The summed E-state index contributed by atoms with van der Waals surface area (Å²) < 4.78 is 0. The topological polar surface area (TPSA) is 74.2 Å². The standard InChI is InChI=1S/C22H28N4O/c1-26(2)12-11-18-15-24-21-9-5-16(13-20(18)21)6-10-22(27)25-14-17-3-7-19(23)8-4-17/h3-5,7-9,13,15,24H,6,10-12,14,23H2,1-2H3,(H,25,27). The lowest BCUT2D eigenvalue weighted by molar-refractivity contribution is -0.121. The van der Waals surface area contributed by atoms with Crippen molar-refractivity contribution >= 4 is 22.5 Å². The first-order chi connectivity index (χ1) is 13.0. The molecular formula is C22H28N4O. The van der Waals surface area contributed by atoms with Crippen LogP contribution in [0.25, 0.3) is 10.9 Å². The summed E-state index contributed by atoms with van der Waals surface area (Å²) in [6, 6.07) is 14.0. The molecule has 142 valence electrons. The zero-order chi connectivity index (χ0) is 19.2. The molecule has 0 aliphatic carbocycles. The molecule has 2 aromatic carbocycles. The van der Waals surface area contributed by atoms with Gasteiger partial charge in [-0.25, -0.2) is 0 Å². The average molecular weight is 364 g/mol. The third-order valence-corrected chi connectivity index (χ3v) is 4.77. The second-order valence-electron chi connectivity index (χ2n) is 7.27. The summed E-state index contributed by atoms with van der Waals surface area (Å²) in [7, 11) is 4.17. The highest BCUT2D eigenvalue weighted by Crippen LogP contribution is 2.21. The van der Waals surface area contributed by atoms with Crippen LogP contribution in [-0.2, 0) is 24.2 Å². The van der Waals surface area contributed by atoms with Crippen LogP contribution in [0, 0.1) is 0 Å². The van der Waals surface area contributed by atoms with Gasteiger partial charge in [0.2, 0.25) is 5.91 Å². The second-order valence-corrected chi connectivity index (χ2v) is 7.27. The van der Waals surface area contributed by atoms with Crippen molar-refractivity contribution in [2.24, 2.45) is 0 Å². The Balaban J connectivity index is 1.55. The van der Waals surface area contributed by atoms with Crippen LogP contribution in [0.5, 0.6) is 0 Å². The number of nitrogens with zero attached hydrogens (tertiary/aromatic N) is 1. The molecule has 0 bridgehead atoms. The second kappa shape index (κ2) is 8.73. The van der Waals surface area contributed by atoms with Crippen molar-refractivity contribution in [1.82, 2.24) is 15.2 Å². The lowest BCUT2D eigenvalue weighted by Gasteiger charge is -2.09. The minimum absolute atomic E-state index is 0.0637. The van der Waals surface area contributed by atoms with E-state index in [1.54, 1.807) is 0 Å². The predicted molar refractivity (Wildman–Crippen MR) is 112 cm³/mol. The van der Waals surface area contributed by atoms with Gasteiger partial charge in [0.25, 0.3) is 0 Å². The van der Waals surface area contributed by atoms with Gasteiger partial charge in [-0.05, 0) is 67.9 Å². The molecule has 0 spiro atoms. The molecule has 0 radical (unpaired) electrons. The van der Waals surface area contributed by atoms with Crippen molar-refractivity contribution in [3.05, 3.63) is 65.4 Å². The summed E-state index contributed by atoms with van der Waals surface area (Å²) in [5.41, 5.74) is 11.1. The average Bonchev–Trinajstić information content (AvgIpc) is 3.06. The summed E-state index contributed by atoms with van der Waals surface area (Å²) in [5, 5.41) is 4.23. The first-order valence-corrected chi connectivity index (χ1v) is 9.36. The number of hydrogen-bond donors (Lipinski definition) is 3. The summed E-state index contributed by atoms with van der Waals surface area (Å²) in [5.74, 6) is 0.0637. The number of aromatic nitrogens is 1. The zero-order valence-electron chi connectivity index (χ0n) is 16.1. The van der Waals surface area contributed by atoms with Gasteiger partial charge in [0.1, 0.15) is 0 Å². The fourth-order valence-electron chi connectivity index (χ4n) is 3.11. The fraction of sp³-hybridized carbons (Fsp3) is 0.318. The van der Waals surface area contributed by atoms with E-state index in [1.807, 2.05) is 24.3 Å². The van der Waals surface area contributed by atoms with Gasteiger partial charge in [0.15, 0.2) is 0 Å². The molecule has 5 nitrogen and oxygen atoms in total. The van der Waals surface area contributed by atoms with Gasteiger partial charge >= 0.3 is 0 Å². The Bertz CT molecular complexity index is 896. The zero-order valence-corrected chi connectivity index (χ0v) is 16.1. The van der Waals surface area contributed by atoms with Crippen LogP contribution in [-0.4, -0.2) is 36.4 Å². The molecule has 0 fully saturated rings. The number of hydrogen-bond acceptors (Lipinski definition) is 3. The molecule has 1 heterocycles. The normalized spacial score (nSPS) is 11.2. The predicted octanol–water partition coefficient (Wildman–Crippen LogP) is 3.10. The quantitative estimate of drug-likeness (QED) is 0.538. The lowest BCUT2D eigenvalue weighted by Crippen LogP contribution is -2.22. The molecule has 0 atom stereocenters. The molecule has 27 heavy (non-hydrogen) atoms. The maximum absolute atomic E-state index is 12.2. The summed E-state index contributed by atoms with van der Waals surface area (Å²) in [6.07, 6.45) is 4.33. The SMILES string of the molecule is CN(C)CCc1c[nH]c2ccc(CCC(=O)NCc3ccc(N)cc3)cc12. The molecule has 0 saturated heterocycles. The number of nitrogens with two attached hydrogens (primary N) is 1. The van der Waals surface area contributed by atoms with Crippen LogP contribution in [0.4, 0.5) is 5.69 Å². The Morgan fingerprint density at radius 3 is 2.56 bits per heavy atom. The molecule has 5 heteroatoms. The third kappa shape index (κ3) is 5.34. The van der Waals surface area contributed by atoms with Crippen LogP contribution in [0.3, 0.4) is 0 Å². The number of amides is 1. The summed E-state index contributed by atoms with van der Waals surface area (Å²) in [6.45, 7) is 1.55. The minimum Gasteiger partial charge on any atom is -0.399 e. The molecule has 4 N–H and O–H groups in total. The number of aryl methyl sites for hydroxylation is 1. The van der Waals surface area contributed by atoms with E-state index >= 15 is 0 Å². The van der Waals surface area contributed by atoms with Crippen molar-refractivity contribution in [2.75, 3.05) is 26.4 Å². The van der Waals surface area contributed by atoms with E-state index in [0.717, 1.165) is 36.2 Å². The van der Waals surface area contributed by atoms with Crippen molar-refractivity contribution < 1.29 is 4.79 Å². The van der Waals surface area contributed by atoms with Crippen molar-refractivity contribution in [1.29, 1.82) is 0 Å². The van der Waals surface area contributed by atoms with Crippen molar-refractivity contribution in [3.8, 4) is 0 Å². The summed E-state index contributed by atoms with van der Waals surface area (Å²) >= 11 is 0. The molecule has 1 amide bonds. The number of carbonyl (C=O) groups is 1. The van der Waals surface area contributed by atoms with Crippen molar-refractivity contribution in [2.45, 2.75) is 25.8 Å². The molecule has 0 saturated carbocycles. The largest absolute Gasteiger partial charge is 0.399 e. The number of anilines is 1. The van der Waals surface area contributed by atoms with E-state index in [0.29, 0.717) is 13.0 Å². The number of likely N-dealkylation sites (N-methyl/N-ethyl adjacent to an activating group) is 1. The maximum atomic E-state index is 12.2. The van der Waals surface area contributed by atoms with Gasteiger partial charge in [-0.3, -0.25) is 4.79 Å². The minimum atomic E-state index is 0.0637. The highest BCUT2D eigenvalue weighted by atomic mass is 16.1. The van der Waals surface area contributed by atoms with Crippen LogP contribution >= 0.6 is 0 Å². The molecule has 0 aliphatic rings. The Morgan fingerprint density at radius 1 is 1.07 bits per heavy atom. The van der Waals surface area contributed by atoms with E-state index in [-0.39, 0.29) is 5.91 Å². The third-order valence-electron chi connectivity index (χ3n) is 4.77. The number of rotatable bonds is 8. The van der Waals surface area contributed by atoms with Crippen LogP contribution in [0.15, 0.2) is 48.7 Å². The Morgan fingerprint density at radius 2 is 1.81 bits per heavy atom. The maximum Gasteiger partial charge on any atom is 0.220 e. The number of nitrogen functional groups attached to an aromatic ring is 1. The number of fused-ring (bicyclic) bond motifs is 1. The van der Waals surface area contributed by atoms with Crippen LogP contribution in [0.1, 0.15) is 23.1 Å². The molecule has 3 rings (SSSR count). The monoisotopic (exact) mass is 364 g/mol. The molecule has 0 unspecified atom stereocenters. The van der Waals surface area contributed by atoms with Crippen LogP contribution < -0.4 is 11.1 Å². The lowest BCUT2D eigenvalue weighted by atomic mass is 10.0. The van der Waals surface area contributed by atoms with Gasteiger partial charge in [-0.15, -0.1) is 0 Å². The van der Waals surface area contributed by atoms with Gasteiger partial charge in [0, 0.05) is 42.3 Å². The number of H-pyrrole nitrogens is 1. The Hall–Kier alpha value is -2.79. The van der Waals surface area contributed by atoms with E-state index in [4.69, 9.17) is 5.73 Å². The Labute approximate surface area is 160 Å². The first-order valence-electron chi connectivity index (χ1n) is 9.36. The van der Waals surface area contributed by atoms with Crippen LogP contribution in [0.2, 0.25) is 0 Å². The highest BCUT2D eigenvalue weighted by molar-refractivity contribution is 5.84. The number of carbonyl (C=O) groups excluding carboxylic acids is 1. The van der Waals surface area contributed by atoms with E-state index in [9.17, 15) is 4.79 Å². The molecular weight excluding hydrogens is 336 g/mol. The Kier molecular flexibility index (Phi) is 6.14. The molecule has 0 aliphatic heterocycles. The first kappa shape index (κ1) is 19.0. The fourth-order valence-corrected chi connectivity index (χ4v) is 3.11. The molecule has 3 aromatic rings. The number of benzene rings is 2.